The molecule has 0 spiro atoms. The highest BCUT2D eigenvalue weighted by Crippen LogP contribution is 2.36. The van der Waals surface area contributed by atoms with Gasteiger partial charge in [-0.1, -0.05) is 60.7 Å². The van der Waals surface area contributed by atoms with Crippen LogP contribution in [-0.2, 0) is 4.74 Å². The van der Waals surface area contributed by atoms with E-state index in [0.29, 0.717) is 0 Å². The minimum absolute atomic E-state index is 0.113. The number of methoxy groups -OCH3 is 1. The molecule has 0 heterocycles. The monoisotopic (exact) mass is 307 g/mol. The van der Waals surface area contributed by atoms with Crippen LogP contribution >= 0.6 is 7.92 Å². The standard InChI is InChI=1S/C20H20OP/c1-16(21-2)19-14-9-15-20(19)22(17-10-5-3-6-11-17)18-12-7-4-8-13-18/h3-16H,1-2H3/q-1/t16-/m1/s1. The summed E-state index contributed by atoms with van der Waals surface area (Å²) in [5.74, 6) is 0. The molecule has 3 rings (SSSR count). The lowest BCUT2D eigenvalue weighted by Gasteiger charge is -2.26. The molecule has 0 amide bonds. The second kappa shape index (κ2) is 6.96. The van der Waals surface area contributed by atoms with Gasteiger partial charge in [-0.3, -0.25) is 0 Å². The molecule has 0 aromatic heterocycles. The van der Waals surface area contributed by atoms with E-state index in [4.69, 9.17) is 4.74 Å². The minimum atomic E-state index is -0.548. The highest BCUT2D eigenvalue weighted by Gasteiger charge is 2.16. The zero-order valence-electron chi connectivity index (χ0n) is 12.9. The van der Waals surface area contributed by atoms with Gasteiger partial charge >= 0.3 is 0 Å². The fourth-order valence-corrected chi connectivity index (χ4v) is 5.22. The van der Waals surface area contributed by atoms with E-state index in [1.54, 1.807) is 7.11 Å². The Kier molecular flexibility index (Phi) is 4.77. The van der Waals surface area contributed by atoms with Crippen molar-refractivity contribution >= 4 is 23.8 Å². The molecule has 0 saturated carbocycles. The normalized spacial score (nSPS) is 12.5. The summed E-state index contributed by atoms with van der Waals surface area (Å²) in [6.45, 7) is 2.11. The topological polar surface area (TPSA) is 9.23 Å². The summed E-state index contributed by atoms with van der Waals surface area (Å²) in [7, 11) is 1.22. The first-order chi connectivity index (χ1) is 10.8. The van der Waals surface area contributed by atoms with Crippen molar-refractivity contribution in [2.75, 3.05) is 7.11 Å². The molecule has 0 radical (unpaired) electrons. The van der Waals surface area contributed by atoms with E-state index in [0.717, 1.165) is 0 Å². The molecule has 0 fully saturated rings. The van der Waals surface area contributed by atoms with Crippen LogP contribution in [0.2, 0.25) is 0 Å². The van der Waals surface area contributed by atoms with Gasteiger partial charge in [0.2, 0.25) is 0 Å². The Morgan fingerprint density at radius 3 is 1.86 bits per heavy atom. The van der Waals surface area contributed by atoms with Crippen LogP contribution in [0.4, 0.5) is 0 Å². The molecule has 0 saturated heterocycles. The van der Waals surface area contributed by atoms with Crippen LogP contribution in [0.15, 0.2) is 78.9 Å². The van der Waals surface area contributed by atoms with E-state index in [1.807, 2.05) is 0 Å². The lowest BCUT2D eigenvalue weighted by atomic mass is 10.2. The molecule has 0 unspecified atom stereocenters. The van der Waals surface area contributed by atoms with Crippen LogP contribution in [0.3, 0.4) is 0 Å². The van der Waals surface area contributed by atoms with Gasteiger partial charge in [0.25, 0.3) is 0 Å². The molecule has 0 N–H and O–H groups in total. The van der Waals surface area contributed by atoms with Crippen LogP contribution in [0, 0.1) is 0 Å². The first-order valence-electron chi connectivity index (χ1n) is 7.50. The summed E-state index contributed by atoms with van der Waals surface area (Å²) in [4.78, 5) is 0. The Hall–Kier alpha value is -1.82. The quantitative estimate of drug-likeness (QED) is 0.513. The summed E-state index contributed by atoms with van der Waals surface area (Å²) in [6, 6.07) is 28.1. The third-order valence-electron chi connectivity index (χ3n) is 3.89. The number of hydrogen-bond donors (Lipinski definition) is 0. The second-order valence-electron chi connectivity index (χ2n) is 5.25. The van der Waals surface area contributed by atoms with Gasteiger partial charge in [-0.15, -0.1) is 10.9 Å². The summed E-state index contributed by atoms with van der Waals surface area (Å²) in [6.07, 6.45) is 0.113. The zero-order valence-corrected chi connectivity index (χ0v) is 13.8. The van der Waals surface area contributed by atoms with Crippen LogP contribution in [0.5, 0.6) is 0 Å². The van der Waals surface area contributed by atoms with Crippen molar-refractivity contribution in [1.29, 1.82) is 0 Å². The first kappa shape index (κ1) is 15.1. The maximum atomic E-state index is 5.57. The minimum Gasteiger partial charge on any atom is -0.389 e. The van der Waals surface area contributed by atoms with E-state index in [2.05, 4.69) is 85.8 Å². The average molecular weight is 307 g/mol. The van der Waals surface area contributed by atoms with Gasteiger partial charge in [0.05, 0.1) is 0 Å². The van der Waals surface area contributed by atoms with Gasteiger partial charge in [0, 0.05) is 13.2 Å². The lowest BCUT2D eigenvalue weighted by Crippen LogP contribution is -2.22. The van der Waals surface area contributed by atoms with Crippen LogP contribution in [-0.4, -0.2) is 7.11 Å². The van der Waals surface area contributed by atoms with E-state index >= 15 is 0 Å². The summed E-state index contributed by atoms with van der Waals surface area (Å²) in [5.41, 5.74) is 1.29. The molecule has 3 aromatic rings. The molecule has 112 valence electrons. The lowest BCUT2D eigenvalue weighted by molar-refractivity contribution is 0.120. The molecule has 3 aromatic carbocycles. The number of hydrogen-bond acceptors (Lipinski definition) is 1. The highest BCUT2D eigenvalue weighted by atomic mass is 31.1. The number of rotatable bonds is 5. The Balaban J connectivity index is 2.13. The fraction of sp³-hybridized carbons (Fsp3) is 0.150. The summed E-state index contributed by atoms with van der Waals surface area (Å²) < 4.78 is 5.57. The zero-order chi connectivity index (χ0) is 15.4. The van der Waals surface area contributed by atoms with Crippen molar-refractivity contribution < 1.29 is 4.74 Å². The van der Waals surface area contributed by atoms with Gasteiger partial charge < -0.3 is 4.74 Å². The maximum Gasteiger partial charge on any atom is 0.0359 e. The Bertz CT molecular complexity index is 663. The Labute approximate surface area is 133 Å². The Morgan fingerprint density at radius 2 is 1.36 bits per heavy atom. The SMILES string of the molecule is CO[C@H](C)[c-]1cccc1P(c1ccccc1)c1ccccc1. The molecule has 0 aliphatic rings. The molecule has 0 aliphatic heterocycles. The molecule has 0 aliphatic carbocycles. The van der Waals surface area contributed by atoms with Gasteiger partial charge in [-0.2, -0.15) is 6.07 Å². The van der Waals surface area contributed by atoms with Crippen molar-refractivity contribution in [2.45, 2.75) is 13.0 Å². The van der Waals surface area contributed by atoms with Gasteiger partial charge in [-0.05, 0) is 25.5 Å². The largest absolute Gasteiger partial charge is 0.389 e. The first-order valence-corrected chi connectivity index (χ1v) is 8.84. The fourth-order valence-electron chi connectivity index (χ4n) is 2.68. The predicted molar refractivity (Wildman–Crippen MR) is 96.2 cm³/mol. The van der Waals surface area contributed by atoms with Crippen molar-refractivity contribution in [2.24, 2.45) is 0 Å². The van der Waals surface area contributed by atoms with Crippen molar-refractivity contribution in [3.8, 4) is 0 Å². The van der Waals surface area contributed by atoms with Gasteiger partial charge in [0.15, 0.2) is 0 Å². The van der Waals surface area contributed by atoms with Gasteiger partial charge in [0.1, 0.15) is 0 Å². The predicted octanol–water partition coefficient (Wildman–Crippen LogP) is 3.87. The third kappa shape index (κ3) is 3.02. The van der Waals surface area contributed by atoms with E-state index in [-0.39, 0.29) is 6.10 Å². The maximum absolute atomic E-state index is 5.57. The second-order valence-corrected chi connectivity index (χ2v) is 7.44. The molecule has 1 nitrogen and oxygen atoms in total. The molecule has 2 heteroatoms. The number of ether oxygens (including phenoxy) is 1. The summed E-state index contributed by atoms with van der Waals surface area (Å²) >= 11 is 0. The van der Waals surface area contributed by atoms with E-state index in [9.17, 15) is 0 Å². The Morgan fingerprint density at radius 1 is 0.818 bits per heavy atom. The molecule has 22 heavy (non-hydrogen) atoms. The summed E-state index contributed by atoms with van der Waals surface area (Å²) in [5, 5.41) is 4.14. The van der Waals surface area contributed by atoms with E-state index < -0.39 is 7.92 Å². The molecule has 1 atom stereocenters. The van der Waals surface area contributed by atoms with E-state index in [1.165, 1.54) is 21.5 Å². The third-order valence-corrected chi connectivity index (χ3v) is 6.41. The highest BCUT2D eigenvalue weighted by molar-refractivity contribution is 7.79. The van der Waals surface area contributed by atoms with Crippen molar-refractivity contribution in [3.63, 3.8) is 0 Å². The average Bonchev–Trinajstić information content (AvgIpc) is 3.06. The number of benzene rings is 2. The van der Waals surface area contributed by atoms with Crippen LogP contribution in [0.1, 0.15) is 18.6 Å². The molecular weight excluding hydrogens is 287 g/mol. The van der Waals surface area contributed by atoms with Crippen molar-refractivity contribution in [1.82, 2.24) is 0 Å². The van der Waals surface area contributed by atoms with Crippen molar-refractivity contribution in [3.05, 3.63) is 84.4 Å². The molecular formula is C20H20OP-. The molecule has 0 bridgehead atoms. The smallest absolute Gasteiger partial charge is 0.0359 e. The van der Waals surface area contributed by atoms with Crippen LogP contribution in [0.25, 0.3) is 0 Å². The van der Waals surface area contributed by atoms with Gasteiger partial charge in [-0.25, -0.2) is 12.1 Å². The van der Waals surface area contributed by atoms with Crippen LogP contribution < -0.4 is 15.9 Å².